The molecule has 3 heterocycles. The van der Waals surface area contributed by atoms with Gasteiger partial charge in [-0.1, -0.05) is 30.3 Å². The molecule has 2 saturated heterocycles. The molecule has 2 amide bonds. The van der Waals surface area contributed by atoms with E-state index >= 15 is 0 Å². The maximum atomic E-state index is 14.9. The maximum Gasteiger partial charge on any atom is 0.410 e. The molecular formula is C35H42F3N5O6. The van der Waals surface area contributed by atoms with Gasteiger partial charge in [-0.25, -0.2) is 32.7 Å². The quantitative estimate of drug-likeness (QED) is 0.263. The van der Waals surface area contributed by atoms with Crippen molar-refractivity contribution in [3.05, 3.63) is 83.4 Å². The monoisotopic (exact) mass is 685 g/mol. The van der Waals surface area contributed by atoms with Gasteiger partial charge in [0.1, 0.15) is 24.1 Å². The van der Waals surface area contributed by atoms with Crippen LogP contribution in [0, 0.1) is 23.4 Å². The summed E-state index contributed by atoms with van der Waals surface area (Å²) in [6, 6.07) is 10.1. The number of hydrogen-bond donors (Lipinski definition) is 1. The van der Waals surface area contributed by atoms with Crippen LogP contribution >= 0.6 is 0 Å². The second kappa shape index (κ2) is 15.7. The highest BCUT2D eigenvalue weighted by atomic mass is 19.2. The van der Waals surface area contributed by atoms with Gasteiger partial charge in [-0.15, -0.1) is 0 Å². The first-order valence-corrected chi connectivity index (χ1v) is 16.2. The Morgan fingerprint density at radius 1 is 0.980 bits per heavy atom. The molecule has 1 aromatic heterocycles. The first-order valence-electron chi connectivity index (χ1n) is 16.2. The van der Waals surface area contributed by atoms with E-state index in [1.807, 2.05) is 30.3 Å². The summed E-state index contributed by atoms with van der Waals surface area (Å²) in [6.07, 6.45) is 3.01. The number of anilines is 1. The Hall–Kier alpha value is -4.59. The lowest BCUT2D eigenvalue weighted by molar-refractivity contribution is 0.0150. The summed E-state index contributed by atoms with van der Waals surface area (Å²) in [5.41, 5.74) is 0.0580. The van der Waals surface area contributed by atoms with Gasteiger partial charge in [0.25, 0.3) is 0 Å². The lowest BCUT2D eigenvalue weighted by Crippen LogP contribution is -2.44. The summed E-state index contributed by atoms with van der Waals surface area (Å²) in [5.74, 6) is -3.39. The molecule has 14 heteroatoms. The number of nitrogens with zero attached hydrogens (tertiary/aromatic N) is 4. The van der Waals surface area contributed by atoms with Crippen molar-refractivity contribution in [1.82, 2.24) is 20.2 Å². The van der Waals surface area contributed by atoms with E-state index in [-0.39, 0.29) is 49.3 Å². The smallest absolute Gasteiger partial charge is 0.410 e. The topological polar surface area (TPSA) is 115 Å². The van der Waals surface area contributed by atoms with Crippen LogP contribution in [0.25, 0.3) is 0 Å². The van der Waals surface area contributed by atoms with Crippen LogP contribution < -0.4 is 15.0 Å². The number of carbonyl (C=O) groups is 2. The van der Waals surface area contributed by atoms with Gasteiger partial charge in [-0.05, 0) is 50.8 Å². The van der Waals surface area contributed by atoms with Crippen LogP contribution in [-0.2, 0) is 20.8 Å². The summed E-state index contributed by atoms with van der Waals surface area (Å²) in [7, 11) is 1.59. The number of carbonyl (C=O) groups excluding carboxylic acids is 2. The number of benzene rings is 2. The minimum absolute atomic E-state index is 0.0830. The highest BCUT2D eigenvalue weighted by Gasteiger charge is 2.39. The number of ether oxygens (including phenoxy) is 4. The van der Waals surface area contributed by atoms with Gasteiger partial charge in [-0.3, -0.25) is 0 Å². The van der Waals surface area contributed by atoms with Crippen molar-refractivity contribution in [3.63, 3.8) is 0 Å². The van der Waals surface area contributed by atoms with E-state index in [9.17, 15) is 22.8 Å². The lowest BCUT2D eigenvalue weighted by Gasteiger charge is -2.35. The molecule has 2 aliphatic heterocycles. The van der Waals surface area contributed by atoms with Gasteiger partial charge < -0.3 is 34.1 Å². The molecule has 3 aromatic rings. The third-order valence-corrected chi connectivity index (χ3v) is 8.51. The van der Waals surface area contributed by atoms with Crippen molar-refractivity contribution in [2.24, 2.45) is 5.92 Å². The van der Waals surface area contributed by atoms with E-state index in [0.29, 0.717) is 44.4 Å². The molecule has 3 atom stereocenters. The lowest BCUT2D eigenvalue weighted by atomic mass is 9.91. The number of rotatable bonds is 10. The fourth-order valence-corrected chi connectivity index (χ4v) is 6.11. The molecule has 264 valence electrons. The van der Waals surface area contributed by atoms with Crippen LogP contribution in [-0.4, -0.2) is 84.7 Å². The van der Waals surface area contributed by atoms with Gasteiger partial charge in [0.15, 0.2) is 17.4 Å². The van der Waals surface area contributed by atoms with Gasteiger partial charge in [0, 0.05) is 51.2 Å². The Kier molecular flexibility index (Phi) is 11.5. The summed E-state index contributed by atoms with van der Waals surface area (Å²) >= 11 is 0. The van der Waals surface area contributed by atoms with E-state index in [0.717, 1.165) is 11.6 Å². The van der Waals surface area contributed by atoms with Crippen LogP contribution in [0.15, 0.2) is 54.9 Å². The third-order valence-electron chi connectivity index (χ3n) is 8.51. The molecule has 2 aliphatic rings. The van der Waals surface area contributed by atoms with E-state index < -0.39 is 41.1 Å². The number of piperidine rings is 1. The predicted molar refractivity (Wildman–Crippen MR) is 174 cm³/mol. The van der Waals surface area contributed by atoms with E-state index in [4.69, 9.17) is 18.9 Å². The zero-order chi connectivity index (χ0) is 35.1. The number of halogens is 3. The van der Waals surface area contributed by atoms with Crippen LogP contribution in [0.2, 0.25) is 0 Å². The molecule has 11 nitrogen and oxygen atoms in total. The molecule has 1 N–H and O–H groups in total. The largest absolute Gasteiger partial charge is 0.484 e. The minimum Gasteiger partial charge on any atom is -0.484 e. The van der Waals surface area contributed by atoms with Gasteiger partial charge >= 0.3 is 12.2 Å². The third kappa shape index (κ3) is 9.52. The maximum absolute atomic E-state index is 14.9. The summed E-state index contributed by atoms with van der Waals surface area (Å²) in [4.78, 5) is 37.6. The Balaban J connectivity index is 1.21. The molecule has 0 radical (unpaired) electrons. The number of nitrogens with one attached hydrogen (secondary N) is 1. The molecule has 0 saturated carbocycles. The summed E-state index contributed by atoms with van der Waals surface area (Å²) in [6.45, 7) is 6.96. The SMILES string of the molecule is COCC(Oc1cnc(N2C[C@H](NC(=O)OC(C)(C)C)[C@@H](c3cc(F)c(F)cc3F)C2)nc1)C1CCN(C(=O)OCc2ccccc2)CC1. The van der Waals surface area contributed by atoms with Crippen molar-refractivity contribution >= 4 is 18.1 Å². The number of hydrogen-bond acceptors (Lipinski definition) is 9. The molecule has 2 fully saturated rings. The number of alkyl carbamates (subject to hydrolysis) is 1. The van der Waals surface area contributed by atoms with Gasteiger partial charge in [-0.2, -0.15) is 0 Å². The number of methoxy groups -OCH3 is 1. The zero-order valence-electron chi connectivity index (χ0n) is 28.0. The Labute approximate surface area is 283 Å². The summed E-state index contributed by atoms with van der Waals surface area (Å²) in [5, 5.41) is 2.75. The predicted octanol–water partition coefficient (Wildman–Crippen LogP) is 5.83. The minimum atomic E-state index is -1.30. The fourth-order valence-electron chi connectivity index (χ4n) is 6.11. The number of amides is 2. The highest BCUT2D eigenvalue weighted by molar-refractivity contribution is 5.69. The van der Waals surface area contributed by atoms with Crippen LogP contribution in [0.3, 0.4) is 0 Å². The second-order valence-corrected chi connectivity index (χ2v) is 13.2. The molecule has 2 aromatic carbocycles. The van der Waals surface area contributed by atoms with Crippen molar-refractivity contribution in [1.29, 1.82) is 0 Å². The average Bonchev–Trinajstić information content (AvgIpc) is 3.48. The van der Waals surface area contributed by atoms with Crippen molar-refractivity contribution in [3.8, 4) is 5.75 Å². The van der Waals surface area contributed by atoms with Crippen molar-refractivity contribution < 1.29 is 41.7 Å². The fraction of sp³-hybridized carbons (Fsp3) is 0.486. The first kappa shape index (κ1) is 35.7. The zero-order valence-corrected chi connectivity index (χ0v) is 28.0. The van der Waals surface area contributed by atoms with Gasteiger partial charge in [0.05, 0.1) is 25.0 Å². The Morgan fingerprint density at radius 3 is 2.31 bits per heavy atom. The van der Waals surface area contributed by atoms with Crippen LogP contribution in [0.1, 0.15) is 50.7 Å². The molecular weight excluding hydrogens is 643 g/mol. The number of likely N-dealkylation sites (tertiary alicyclic amines) is 1. The van der Waals surface area contributed by atoms with Crippen molar-refractivity contribution in [2.45, 2.75) is 63.9 Å². The van der Waals surface area contributed by atoms with Crippen LogP contribution in [0.4, 0.5) is 28.7 Å². The molecule has 0 bridgehead atoms. The van der Waals surface area contributed by atoms with E-state index in [2.05, 4.69) is 15.3 Å². The average molecular weight is 686 g/mol. The molecule has 5 rings (SSSR count). The number of aromatic nitrogens is 2. The molecule has 0 spiro atoms. The van der Waals surface area contributed by atoms with Crippen molar-refractivity contribution in [2.75, 3.05) is 44.8 Å². The molecule has 0 aliphatic carbocycles. The van der Waals surface area contributed by atoms with E-state index in [1.54, 1.807) is 37.7 Å². The first-order chi connectivity index (χ1) is 23.4. The van der Waals surface area contributed by atoms with E-state index in [1.165, 1.54) is 12.4 Å². The molecule has 49 heavy (non-hydrogen) atoms. The van der Waals surface area contributed by atoms with Gasteiger partial charge in [0.2, 0.25) is 5.95 Å². The highest BCUT2D eigenvalue weighted by Crippen LogP contribution is 2.33. The standard InChI is InChI=1S/C35H42F3N5O6/c1-35(2,3)49-33(44)41-30-19-43(18-26(30)25-14-28(37)29(38)15-27(25)36)32-39-16-24(17-40-32)48-31(21-46-4)23-10-12-42(13-11-23)34(45)47-20-22-8-6-5-7-9-22/h5-9,14-17,23,26,30-31H,10-13,18-21H2,1-4H3,(H,41,44)/t26-,30+,31?/m1/s1. The Morgan fingerprint density at radius 2 is 1.65 bits per heavy atom. The Bertz CT molecular complexity index is 1570. The van der Waals surface area contributed by atoms with Crippen LogP contribution in [0.5, 0.6) is 5.75 Å². The molecule has 1 unspecified atom stereocenters. The summed E-state index contributed by atoms with van der Waals surface area (Å²) < 4.78 is 65.4. The second-order valence-electron chi connectivity index (χ2n) is 13.2. The normalized spacial score (nSPS) is 19.0.